The summed E-state index contributed by atoms with van der Waals surface area (Å²) < 4.78 is 15.7. The number of nitrogens with zero attached hydrogens (tertiary/aromatic N) is 2. The highest BCUT2D eigenvalue weighted by atomic mass is 79.9. The van der Waals surface area contributed by atoms with Gasteiger partial charge >= 0.3 is 0 Å². The molecule has 0 radical (unpaired) electrons. The summed E-state index contributed by atoms with van der Waals surface area (Å²) in [4.78, 5) is 0.357. The van der Waals surface area contributed by atoms with E-state index in [4.69, 9.17) is 13.9 Å². The Morgan fingerprint density at radius 2 is 2.00 bits per heavy atom. The first-order valence-corrected chi connectivity index (χ1v) is 5.01. The van der Waals surface area contributed by atoms with Crippen LogP contribution in [0.4, 0.5) is 0 Å². The highest BCUT2D eigenvalue weighted by molar-refractivity contribution is 9.10. The van der Waals surface area contributed by atoms with Crippen LogP contribution in [0.1, 0.15) is 0 Å². The van der Waals surface area contributed by atoms with Gasteiger partial charge in [-0.15, -0.1) is 10.2 Å². The predicted octanol–water partition coefficient (Wildman–Crippen LogP) is 2.23. The molecule has 2 aromatic rings. The Morgan fingerprint density at radius 3 is 2.80 bits per heavy atom. The van der Waals surface area contributed by atoms with E-state index in [1.165, 1.54) is 0 Å². The van der Waals surface area contributed by atoms with Gasteiger partial charge in [-0.05, 0) is 18.2 Å². The van der Waals surface area contributed by atoms with E-state index < -0.39 is 0 Å². The van der Waals surface area contributed by atoms with Gasteiger partial charge in [0.1, 0.15) is 0 Å². The maximum absolute atomic E-state index is 5.24. The minimum atomic E-state index is 0.256. The van der Waals surface area contributed by atoms with Gasteiger partial charge in [0.15, 0.2) is 11.5 Å². The van der Waals surface area contributed by atoms with Crippen molar-refractivity contribution in [2.24, 2.45) is 0 Å². The Morgan fingerprint density at radius 1 is 1.13 bits per heavy atom. The van der Waals surface area contributed by atoms with Crippen molar-refractivity contribution in [1.29, 1.82) is 0 Å². The van der Waals surface area contributed by atoms with Crippen LogP contribution in [0.2, 0.25) is 0 Å². The van der Waals surface area contributed by atoms with Gasteiger partial charge in [0.2, 0.25) is 12.7 Å². The molecule has 0 unspecified atom stereocenters. The minimum Gasteiger partial charge on any atom is -0.454 e. The Balaban J connectivity index is 2.06. The van der Waals surface area contributed by atoms with Gasteiger partial charge in [-0.1, -0.05) is 0 Å². The largest absolute Gasteiger partial charge is 0.454 e. The molecule has 0 bridgehead atoms. The molecule has 6 heteroatoms. The van der Waals surface area contributed by atoms with E-state index in [0.717, 1.165) is 11.3 Å². The molecule has 0 fully saturated rings. The van der Waals surface area contributed by atoms with Crippen molar-refractivity contribution < 1.29 is 13.9 Å². The van der Waals surface area contributed by atoms with Crippen LogP contribution in [0.15, 0.2) is 27.4 Å². The fourth-order valence-corrected chi connectivity index (χ4v) is 1.58. The molecule has 1 aromatic heterocycles. The molecule has 5 nitrogen and oxygen atoms in total. The Bertz CT molecular complexity index is 512. The van der Waals surface area contributed by atoms with Crippen molar-refractivity contribution in [2.75, 3.05) is 6.79 Å². The van der Waals surface area contributed by atoms with E-state index in [-0.39, 0.29) is 6.79 Å². The molecular weight excluding hydrogens is 264 g/mol. The highest BCUT2D eigenvalue weighted by Crippen LogP contribution is 2.35. The van der Waals surface area contributed by atoms with Crippen molar-refractivity contribution in [3.8, 4) is 23.0 Å². The summed E-state index contributed by atoms with van der Waals surface area (Å²) >= 11 is 3.10. The number of halogens is 1. The first-order valence-electron chi connectivity index (χ1n) is 4.22. The monoisotopic (exact) mass is 268 g/mol. The zero-order chi connectivity index (χ0) is 10.3. The zero-order valence-corrected chi connectivity index (χ0v) is 9.02. The molecule has 1 aromatic carbocycles. The van der Waals surface area contributed by atoms with Crippen molar-refractivity contribution in [1.82, 2.24) is 10.2 Å². The average Bonchev–Trinajstić information content (AvgIpc) is 2.84. The summed E-state index contributed by atoms with van der Waals surface area (Å²) in [5.41, 5.74) is 0.803. The number of benzene rings is 1. The normalized spacial score (nSPS) is 13.1. The minimum absolute atomic E-state index is 0.256. The number of rotatable bonds is 1. The Hall–Kier alpha value is -1.56. The Kier molecular flexibility index (Phi) is 1.88. The van der Waals surface area contributed by atoms with Gasteiger partial charge in [0.05, 0.1) is 0 Å². The number of ether oxygens (including phenoxy) is 2. The molecule has 0 amide bonds. The van der Waals surface area contributed by atoms with Crippen LogP contribution in [-0.4, -0.2) is 17.0 Å². The second-order valence-corrected chi connectivity index (χ2v) is 3.61. The summed E-state index contributed by atoms with van der Waals surface area (Å²) in [5.74, 6) is 1.87. The van der Waals surface area contributed by atoms with E-state index in [2.05, 4.69) is 26.1 Å². The zero-order valence-electron chi connectivity index (χ0n) is 7.44. The second-order valence-electron chi connectivity index (χ2n) is 2.93. The molecule has 76 valence electrons. The number of hydrogen-bond donors (Lipinski definition) is 0. The van der Waals surface area contributed by atoms with Crippen molar-refractivity contribution >= 4 is 15.9 Å². The van der Waals surface area contributed by atoms with Crippen molar-refractivity contribution in [3.05, 3.63) is 23.0 Å². The topological polar surface area (TPSA) is 57.4 Å². The van der Waals surface area contributed by atoms with E-state index in [0.29, 0.717) is 16.4 Å². The second kappa shape index (κ2) is 3.23. The predicted molar refractivity (Wildman–Crippen MR) is 53.6 cm³/mol. The summed E-state index contributed by atoms with van der Waals surface area (Å²) in [7, 11) is 0. The third-order valence-electron chi connectivity index (χ3n) is 2.02. The lowest BCUT2D eigenvalue weighted by molar-refractivity contribution is 0.174. The SMILES string of the molecule is Brc1nnc(-c2ccc3c(c2)OCO3)o1. The molecule has 0 spiro atoms. The standard InChI is InChI=1S/C9H5BrN2O3/c10-9-12-11-8(15-9)5-1-2-6-7(3-5)14-4-13-6/h1-3H,4H2. The van der Waals surface area contributed by atoms with Crippen LogP contribution in [0.25, 0.3) is 11.5 Å². The average molecular weight is 269 g/mol. The molecule has 3 rings (SSSR count). The van der Waals surface area contributed by atoms with Crippen LogP contribution in [0.3, 0.4) is 0 Å². The molecular formula is C9H5BrN2O3. The maximum atomic E-state index is 5.24. The van der Waals surface area contributed by atoms with Crippen LogP contribution in [0.5, 0.6) is 11.5 Å². The molecule has 0 saturated heterocycles. The number of aromatic nitrogens is 2. The van der Waals surface area contributed by atoms with E-state index >= 15 is 0 Å². The molecule has 15 heavy (non-hydrogen) atoms. The fraction of sp³-hybridized carbons (Fsp3) is 0.111. The summed E-state index contributed by atoms with van der Waals surface area (Å²) in [6, 6.07) is 5.46. The lowest BCUT2D eigenvalue weighted by Gasteiger charge is -1.97. The molecule has 1 aliphatic heterocycles. The van der Waals surface area contributed by atoms with Crippen molar-refractivity contribution in [3.63, 3.8) is 0 Å². The quantitative estimate of drug-likeness (QED) is 0.794. The van der Waals surface area contributed by atoms with E-state index in [9.17, 15) is 0 Å². The third kappa shape index (κ3) is 1.46. The first-order chi connectivity index (χ1) is 7.33. The lowest BCUT2D eigenvalue weighted by Crippen LogP contribution is -1.92. The van der Waals surface area contributed by atoms with Gasteiger partial charge < -0.3 is 13.9 Å². The number of hydrogen-bond acceptors (Lipinski definition) is 5. The van der Waals surface area contributed by atoms with Crippen LogP contribution in [-0.2, 0) is 0 Å². The van der Waals surface area contributed by atoms with Crippen LogP contribution < -0.4 is 9.47 Å². The van der Waals surface area contributed by atoms with Crippen molar-refractivity contribution in [2.45, 2.75) is 0 Å². The third-order valence-corrected chi connectivity index (χ3v) is 2.34. The first kappa shape index (κ1) is 8.72. The smallest absolute Gasteiger partial charge is 0.285 e. The maximum Gasteiger partial charge on any atom is 0.285 e. The Labute approximate surface area is 93.1 Å². The molecule has 0 aliphatic carbocycles. The molecule has 0 N–H and O–H groups in total. The fourth-order valence-electron chi connectivity index (χ4n) is 1.35. The van der Waals surface area contributed by atoms with Crippen LogP contribution >= 0.6 is 15.9 Å². The number of fused-ring (bicyclic) bond motifs is 1. The van der Waals surface area contributed by atoms with Gasteiger partial charge in [0.25, 0.3) is 4.80 Å². The van der Waals surface area contributed by atoms with E-state index in [1.807, 2.05) is 18.2 Å². The molecule has 0 atom stereocenters. The molecule has 2 heterocycles. The van der Waals surface area contributed by atoms with Crippen LogP contribution in [0, 0.1) is 0 Å². The summed E-state index contributed by atoms with van der Waals surface area (Å²) in [6.07, 6.45) is 0. The highest BCUT2D eigenvalue weighted by Gasteiger charge is 2.16. The summed E-state index contributed by atoms with van der Waals surface area (Å²) in [5, 5.41) is 7.57. The molecule has 1 aliphatic rings. The van der Waals surface area contributed by atoms with Gasteiger partial charge in [-0.3, -0.25) is 0 Å². The van der Waals surface area contributed by atoms with Gasteiger partial charge in [-0.25, -0.2) is 0 Å². The van der Waals surface area contributed by atoms with E-state index in [1.54, 1.807) is 0 Å². The molecule has 0 saturated carbocycles. The summed E-state index contributed by atoms with van der Waals surface area (Å²) in [6.45, 7) is 0.256. The van der Waals surface area contributed by atoms with Gasteiger partial charge in [0, 0.05) is 21.5 Å². The lowest BCUT2D eigenvalue weighted by atomic mass is 10.2. The van der Waals surface area contributed by atoms with Gasteiger partial charge in [-0.2, -0.15) is 0 Å².